The SMILES string of the molecule is O=C(O)c1cc(I)ccc1NC(=O)C1CC2CCC1C2. The largest absolute Gasteiger partial charge is 0.478 e. The average Bonchev–Trinajstić information content (AvgIpc) is 3.03. The van der Waals surface area contributed by atoms with Gasteiger partial charge in [-0.3, -0.25) is 4.79 Å². The van der Waals surface area contributed by atoms with E-state index in [0.717, 1.165) is 22.8 Å². The quantitative estimate of drug-likeness (QED) is 0.785. The van der Waals surface area contributed by atoms with Gasteiger partial charge in [-0.1, -0.05) is 6.42 Å². The highest BCUT2D eigenvalue weighted by atomic mass is 127. The van der Waals surface area contributed by atoms with E-state index in [1.165, 1.54) is 6.42 Å². The first kappa shape index (κ1) is 13.9. The number of anilines is 1. The number of carbonyl (C=O) groups is 2. The molecule has 1 aromatic carbocycles. The molecular weight excluding hydrogens is 369 g/mol. The number of nitrogens with one attached hydrogen (secondary N) is 1. The monoisotopic (exact) mass is 385 g/mol. The van der Waals surface area contributed by atoms with Crippen molar-refractivity contribution in [1.29, 1.82) is 0 Å². The number of hydrogen-bond donors (Lipinski definition) is 2. The topological polar surface area (TPSA) is 66.4 Å². The van der Waals surface area contributed by atoms with Crippen molar-refractivity contribution in [1.82, 2.24) is 0 Å². The number of hydrogen-bond acceptors (Lipinski definition) is 2. The van der Waals surface area contributed by atoms with Crippen LogP contribution in [0.3, 0.4) is 0 Å². The maximum atomic E-state index is 12.4. The Morgan fingerprint density at radius 2 is 2.05 bits per heavy atom. The Morgan fingerprint density at radius 3 is 2.65 bits per heavy atom. The van der Waals surface area contributed by atoms with Gasteiger partial charge < -0.3 is 10.4 Å². The Bertz CT molecular complexity index is 572. The van der Waals surface area contributed by atoms with Gasteiger partial charge in [0, 0.05) is 9.49 Å². The predicted molar refractivity (Wildman–Crippen MR) is 83.7 cm³/mol. The molecule has 1 aromatic rings. The first-order valence-corrected chi connectivity index (χ1v) is 7.96. The maximum Gasteiger partial charge on any atom is 0.337 e. The van der Waals surface area contributed by atoms with E-state index in [2.05, 4.69) is 27.9 Å². The van der Waals surface area contributed by atoms with Crippen LogP contribution in [0.4, 0.5) is 5.69 Å². The van der Waals surface area contributed by atoms with E-state index in [-0.39, 0.29) is 17.4 Å². The highest BCUT2D eigenvalue weighted by Crippen LogP contribution is 2.48. The van der Waals surface area contributed by atoms with Crippen LogP contribution in [0.2, 0.25) is 0 Å². The summed E-state index contributed by atoms with van der Waals surface area (Å²) < 4.78 is 0.845. The van der Waals surface area contributed by atoms with E-state index in [1.54, 1.807) is 12.1 Å². The van der Waals surface area contributed by atoms with Crippen LogP contribution >= 0.6 is 22.6 Å². The fourth-order valence-electron chi connectivity index (χ4n) is 3.59. The number of amides is 1. The Morgan fingerprint density at radius 1 is 1.25 bits per heavy atom. The van der Waals surface area contributed by atoms with Crippen LogP contribution in [0.5, 0.6) is 0 Å². The summed E-state index contributed by atoms with van der Waals surface area (Å²) in [6.07, 6.45) is 4.51. The number of fused-ring (bicyclic) bond motifs is 2. The van der Waals surface area contributed by atoms with Gasteiger partial charge in [-0.15, -0.1) is 0 Å². The summed E-state index contributed by atoms with van der Waals surface area (Å²) in [6, 6.07) is 5.07. The number of carboxylic acid groups (broad SMARTS) is 1. The predicted octanol–water partition coefficient (Wildman–Crippen LogP) is 3.36. The van der Waals surface area contributed by atoms with Crippen LogP contribution in [0.15, 0.2) is 18.2 Å². The van der Waals surface area contributed by atoms with Gasteiger partial charge in [0.25, 0.3) is 0 Å². The minimum atomic E-state index is -1.01. The van der Waals surface area contributed by atoms with E-state index in [9.17, 15) is 14.7 Å². The molecule has 0 spiro atoms. The molecule has 106 valence electrons. The number of rotatable bonds is 3. The first-order valence-electron chi connectivity index (χ1n) is 6.88. The summed E-state index contributed by atoms with van der Waals surface area (Å²) in [5.41, 5.74) is 0.569. The van der Waals surface area contributed by atoms with Crippen LogP contribution in [0.1, 0.15) is 36.0 Å². The van der Waals surface area contributed by atoms with Gasteiger partial charge in [0.1, 0.15) is 0 Å². The molecule has 2 bridgehead atoms. The second-order valence-corrected chi connectivity index (χ2v) is 7.01. The Labute approximate surface area is 131 Å². The summed E-state index contributed by atoms with van der Waals surface area (Å²) in [5.74, 6) is 0.242. The standard InChI is InChI=1S/C15H16INO3/c16-10-3-4-13(12(7-10)15(19)20)17-14(18)11-6-8-1-2-9(11)5-8/h3-4,7-9,11H,1-2,5-6H2,(H,17,18)(H,19,20). The first-order chi connectivity index (χ1) is 9.54. The lowest BCUT2D eigenvalue weighted by Gasteiger charge is -2.21. The second kappa shape index (κ2) is 5.35. The van der Waals surface area contributed by atoms with Crippen molar-refractivity contribution in [2.24, 2.45) is 17.8 Å². The van der Waals surface area contributed by atoms with Crippen molar-refractivity contribution in [2.75, 3.05) is 5.32 Å². The van der Waals surface area contributed by atoms with E-state index in [4.69, 9.17) is 0 Å². The highest BCUT2D eigenvalue weighted by Gasteiger charge is 2.43. The van der Waals surface area contributed by atoms with Crippen LogP contribution in [0, 0.1) is 21.3 Å². The molecular formula is C15H16INO3. The van der Waals surface area contributed by atoms with Crippen LogP contribution in [-0.2, 0) is 4.79 Å². The number of benzene rings is 1. The molecule has 2 saturated carbocycles. The average molecular weight is 385 g/mol. The van der Waals surface area contributed by atoms with Gasteiger partial charge in [0.15, 0.2) is 0 Å². The summed E-state index contributed by atoms with van der Waals surface area (Å²) in [7, 11) is 0. The maximum absolute atomic E-state index is 12.4. The lowest BCUT2D eigenvalue weighted by Crippen LogP contribution is -2.27. The molecule has 20 heavy (non-hydrogen) atoms. The Kier molecular flexibility index (Phi) is 3.70. The Balaban J connectivity index is 1.78. The molecule has 3 atom stereocenters. The number of carbonyl (C=O) groups excluding carboxylic acids is 1. The lowest BCUT2D eigenvalue weighted by molar-refractivity contribution is -0.121. The zero-order valence-electron chi connectivity index (χ0n) is 10.9. The summed E-state index contributed by atoms with van der Waals surface area (Å²) >= 11 is 2.07. The van der Waals surface area contributed by atoms with Gasteiger partial charge in [0.2, 0.25) is 5.91 Å². The summed E-state index contributed by atoms with van der Waals surface area (Å²) in [4.78, 5) is 23.6. The number of carboxylic acids is 1. The van der Waals surface area contributed by atoms with E-state index < -0.39 is 5.97 Å². The minimum Gasteiger partial charge on any atom is -0.478 e. The molecule has 4 nitrogen and oxygen atoms in total. The van der Waals surface area contributed by atoms with Crippen molar-refractivity contribution >= 4 is 40.2 Å². The molecule has 0 aliphatic heterocycles. The molecule has 2 aliphatic rings. The molecule has 0 heterocycles. The zero-order valence-corrected chi connectivity index (χ0v) is 13.1. The molecule has 0 aromatic heterocycles. The normalized spacial score (nSPS) is 27.6. The number of halogens is 1. The smallest absolute Gasteiger partial charge is 0.337 e. The molecule has 1 amide bonds. The third-order valence-electron chi connectivity index (χ3n) is 4.54. The van der Waals surface area contributed by atoms with Gasteiger partial charge >= 0.3 is 5.97 Å². The van der Waals surface area contributed by atoms with Crippen molar-refractivity contribution in [3.63, 3.8) is 0 Å². The van der Waals surface area contributed by atoms with Gasteiger partial charge in [-0.25, -0.2) is 4.79 Å². The molecule has 5 heteroatoms. The Hall–Kier alpha value is -1.11. The summed E-state index contributed by atoms with van der Waals surface area (Å²) in [6.45, 7) is 0. The van der Waals surface area contributed by atoms with Crippen LogP contribution in [-0.4, -0.2) is 17.0 Å². The zero-order chi connectivity index (χ0) is 14.3. The molecule has 3 rings (SSSR count). The molecule has 2 aliphatic carbocycles. The van der Waals surface area contributed by atoms with Crippen molar-refractivity contribution in [3.8, 4) is 0 Å². The fraction of sp³-hybridized carbons (Fsp3) is 0.467. The summed E-state index contributed by atoms with van der Waals surface area (Å²) in [5, 5.41) is 12.0. The molecule has 3 unspecified atom stereocenters. The third kappa shape index (κ3) is 2.55. The van der Waals surface area contributed by atoms with Crippen molar-refractivity contribution in [2.45, 2.75) is 25.7 Å². The molecule has 2 N–H and O–H groups in total. The molecule has 2 fully saturated rings. The van der Waals surface area contributed by atoms with E-state index in [1.807, 2.05) is 6.07 Å². The number of aromatic carboxylic acids is 1. The van der Waals surface area contributed by atoms with Crippen LogP contribution in [0.25, 0.3) is 0 Å². The molecule has 0 radical (unpaired) electrons. The minimum absolute atomic E-state index is 0.0130. The third-order valence-corrected chi connectivity index (χ3v) is 5.22. The van der Waals surface area contributed by atoms with Crippen molar-refractivity contribution < 1.29 is 14.7 Å². The lowest BCUT2D eigenvalue weighted by atomic mass is 9.88. The van der Waals surface area contributed by atoms with Gasteiger partial charge in [0.05, 0.1) is 11.3 Å². The highest BCUT2D eigenvalue weighted by molar-refractivity contribution is 14.1. The van der Waals surface area contributed by atoms with Crippen molar-refractivity contribution in [3.05, 3.63) is 27.3 Å². The van der Waals surface area contributed by atoms with Gasteiger partial charge in [-0.05, 0) is 71.9 Å². The second-order valence-electron chi connectivity index (χ2n) is 5.77. The van der Waals surface area contributed by atoms with E-state index >= 15 is 0 Å². The fourth-order valence-corrected chi connectivity index (χ4v) is 4.08. The van der Waals surface area contributed by atoms with E-state index in [0.29, 0.717) is 17.5 Å². The molecule has 0 saturated heterocycles. The van der Waals surface area contributed by atoms with Crippen LogP contribution < -0.4 is 5.32 Å². The van der Waals surface area contributed by atoms with Gasteiger partial charge in [-0.2, -0.15) is 0 Å².